The van der Waals surface area contributed by atoms with Crippen LogP contribution in [0.1, 0.15) is 58.3 Å². The number of oxime groups is 1. The molecule has 0 rings (SSSR count). The third kappa shape index (κ3) is 11.2. The highest BCUT2D eigenvalue weighted by Gasteiger charge is 1.86. The van der Waals surface area contributed by atoms with E-state index in [2.05, 4.69) is 24.2 Å². The molecule has 0 aromatic carbocycles. The zero-order valence-electron chi connectivity index (χ0n) is 9.28. The van der Waals surface area contributed by atoms with Crippen molar-refractivity contribution in [2.24, 2.45) is 5.16 Å². The molecule has 0 amide bonds. The van der Waals surface area contributed by atoms with E-state index in [1.165, 1.54) is 44.7 Å². The quantitative estimate of drug-likeness (QED) is 0.194. The maximum atomic E-state index is 8.13. The molecule has 0 radical (unpaired) electrons. The van der Waals surface area contributed by atoms with Crippen molar-refractivity contribution in [2.45, 2.75) is 58.3 Å². The first-order valence-corrected chi connectivity index (χ1v) is 5.72. The first-order valence-electron chi connectivity index (χ1n) is 5.72. The molecule has 14 heavy (non-hydrogen) atoms. The molecule has 0 unspecified atom stereocenters. The molecule has 0 aliphatic carbocycles. The first kappa shape index (κ1) is 13.2. The summed E-state index contributed by atoms with van der Waals surface area (Å²) in [6.07, 6.45) is 15.7. The molecule has 2 heteroatoms. The lowest BCUT2D eigenvalue weighted by Gasteiger charge is -1.95. The van der Waals surface area contributed by atoms with Crippen molar-refractivity contribution in [3.05, 3.63) is 12.2 Å². The van der Waals surface area contributed by atoms with Crippen molar-refractivity contribution in [1.82, 2.24) is 0 Å². The van der Waals surface area contributed by atoms with Gasteiger partial charge < -0.3 is 5.21 Å². The average molecular weight is 197 g/mol. The van der Waals surface area contributed by atoms with Gasteiger partial charge in [-0.3, -0.25) is 0 Å². The molecule has 0 aromatic rings. The van der Waals surface area contributed by atoms with Crippen LogP contribution in [0.15, 0.2) is 17.3 Å². The minimum absolute atomic E-state index is 0.836. The van der Waals surface area contributed by atoms with Crippen LogP contribution in [0.5, 0.6) is 0 Å². The van der Waals surface area contributed by atoms with E-state index >= 15 is 0 Å². The van der Waals surface area contributed by atoms with E-state index in [1.54, 1.807) is 0 Å². The Hall–Kier alpha value is -0.790. The van der Waals surface area contributed by atoms with Crippen LogP contribution >= 0.6 is 0 Å². The topological polar surface area (TPSA) is 32.6 Å². The fourth-order valence-corrected chi connectivity index (χ4v) is 1.33. The van der Waals surface area contributed by atoms with E-state index in [1.807, 2.05) is 0 Å². The minimum atomic E-state index is 0.836. The van der Waals surface area contributed by atoms with E-state index in [9.17, 15) is 0 Å². The summed E-state index contributed by atoms with van der Waals surface area (Å²) in [5.41, 5.74) is 0. The number of allylic oxidation sites excluding steroid dienone is 2. The van der Waals surface area contributed by atoms with E-state index in [0.717, 1.165) is 12.8 Å². The van der Waals surface area contributed by atoms with Crippen LogP contribution in [-0.4, -0.2) is 11.4 Å². The van der Waals surface area contributed by atoms with Gasteiger partial charge in [-0.1, -0.05) is 44.8 Å². The maximum absolute atomic E-state index is 8.13. The van der Waals surface area contributed by atoms with Crippen LogP contribution in [-0.2, 0) is 0 Å². The summed E-state index contributed by atoms with van der Waals surface area (Å²) in [5, 5.41) is 11.1. The Morgan fingerprint density at radius 1 is 0.929 bits per heavy atom. The Bertz CT molecular complexity index is 152. The molecule has 2 nitrogen and oxygen atoms in total. The zero-order chi connectivity index (χ0) is 10.5. The summed E-state index contributed by atoms with van der Waals surface area (Å²) in [6.45, 7) is 2.24. The third-order valence-corrected chi connectivity index (χ3v) is 2.19. The first-order chi connectivity index (χ1) is 6.91. The fraction of sp³-hybridized carbons (Fsp3) is 0.750. The smallest absolute Gasteiger partial charge is 0.0439 e. The Labute approximate surface area is 87.7 Å². The fourth-order valence-electron chi connectivity index (χ4n) is 1.33. The van der Waals surface area contributed by atoms with Crippen molar-refractivity contribution < 1.29 is 5.21 Å². The van der Waals surface area contributed by atoms with Crippen molar-refractivity contribution >= 4 is 6.21 Å². The Morgan fingerprint density at radius 2 is 1.64 bits per heavy atom. The molecule has 0 heterocycles. The van der Waals surface area contributed by atoms with Gasteiger partial charge in [0, 0.05) is 6.21 Å². The van der Waals surface area contributed by atoms with Crippen molar-refractivity contribution in [1.29, 1.82) is 0 Å². The van der Waals surface area contributed by atoms with Crippen molar-refractivity contribution in [3.8, 4) is 0 Å². The van der Waals surface area contributed by atoms with Crippen LogP contribution < -0.4 is 0 Å². The number of hydrogen-bond donors (Lipinski definition) is 1. The zero-order valence-corrected chi connectivity index (χ0v) is 9.28. The van der Waals surface area contributed by atoms with E-state index in [4.69, 9.17) is 5.21 Å². The Balaban J connectivity index is 3.03. The Morgan fingerprint density at radius 3 is 2.36 bits per heavy atom. The number of unbranched alkanes of at least 4 members (excludes halogenated alkanes) is 6. The number of hydrogen-bond acceptors (Lipinski definition) is 2. The predicted molar refractivity (Wildman–Crippen MR) is 62.0 cm³/mol. The molecule has 0 bridgehead atoms. The average Bonchev–Trinajstić information content (AvgIpc) is 2.21. The van der Waals surface area contributed by atoms with Gasteiger partial charge in [0.25, 0.3) is 0 Å². The second-order valence-electron chi connectivity index (χ2n) is 3.55. The molecule has 0 saturated heterocycles. The third-order valence-electron chi connectivity index (χ3n) is 2.19. The Kier molecular flexibility index (Phi) is 11.5. The summed E-state index contributed by atoms with van der Waals surface area (Å²) in [6, 6.07) is 0. The monoisotopic (exact) mass is 197 g/mol. The van der Waals surface area contributed by atoms with Gasteiger partial charge in [0.2, 0.25) is 0 Å². The molecule has 0 saturated carbocycles. The highest BCUT2D eigenvalue weighted by Crippen LogP contribution is 2.05. The summed E-state index contributed by atoms with van der Waals surface area (Å²) in [7, 11) is 0. The summed E-state index contributed by atoms with van der Waals surface area (Å²) < 4.78 is 0. The van der Waals surface area contributed by atoms with Crippen LogP contribution in [0.25, 0.3) is 0 Å². The van der Waals surface area contributed by atoms with Crippen molar-refractivity contribution in [3.63, 3.8) is 0 Å². The summed E-state index contributed by atoms with van der Waals surface area (Å²) >= 11 is 0. The van der Waals surface area contributed by atoms with E-state index < -0.39 is 0 Å². The maximum Gasteiger partial charge on any atom is 0.0439 e. The largest absolute Gasteiger partial charge is 0.411 e. The molecule has 1 N–H and O–H groups in total. The second kappa shape index (κ2) is 12.2. The van der Waals surface area contributed by atoms with E-state index in [0.29, 0.717) is 0 Å². The lowest BCUT2D eigenvalue weighted by Crippen LogP contribution is -1.76. The molecule has 82 valence electrons. The highest BCUT2D eigenvalue weighted by atomic mass is 16.4. The van der Waals surface area contributed by atoms with Gasteiger partial charge in [-0.15, -0.1) is 5.16 Å². The molecule has 0 aromatic heterocycles. The number of rotatable bonds is 9. The van der Waals surface area contributed by atoms with Gasteiger partial charge in [0.05, 0.1) is 0 Å². The van der Waals surface area contributed by atoms with Gasteiger partial charge in [-0.05, 0) is 25.7 Å². The van der Waals surface area contributed by atoms with Gasteiger partial charge in [-0.2, -0.15) is 0 Å². The van der Waals surface area contributed by atoms with Crippen LogP contribution in [0, 0.1) is 0 Å². The van der Waals surface area contributed by atoms with E-state index in [-0.39, 0.29) is 0 Å². The minimum Gasteiger partial charge on any atom is -0.411 e. The molecule has 0 spiro atoms. The standard InChI is InChI=1S/C12H23NO/c1-2-3-4-5-6-7-8-9-10-11-12-13-14/h8-9,12,14H,2-7,10-11H2,1H3/b9-8-,13-12?. The lowest BCUT2D eigenvalue weighted by atomic mass is 10.1. The van der Waals surface area contributed by atoms with Gasteiger partial charge in [0.15, 0.2) is 0 Å². The second-order valence-corrected chi connectivity index (χ2v) is 3.55. The van der Waals surface area contributed by atoms with Crippen LogP contribution in [0.3, 0.4) is 0 Å². The van der Waals surface area contributed by atoms with Crippen LogP contribution in [0.2, 0.25) is 0 Å². The summed E-state index contributed by atoms with van der Waals surface area (Å²) in [4.78, 5) is 0. The van der Waals surface area contributed by atoms with Gasteiger partial charge in [-0.25, -0.2) is 0 Å². The predicted octanol–water partition coefficient (Wildman–Crippen LogP) is 4.14. The SMILES string of the molecule is CCCCCCC/C=C\CCC=NO. The molecular formula is C12H23NO. The summed E-state index contributed by atoms with van der Waals surface area (Å²) in [5.74, 6) is 0. The normalized spacial score (nSPS) is 11.8. The van der Waals surface area contributed by atoms with Gasteiger partial charge in [0.1, 0.15) is 0 Å². The number of nitrogens with zero attached hydrogens (tertiary/aromatic N) is 1. The molecular weight excluding hydrogens is 174 g/mol. The van der Waals surface area contributed by atoms with Crippen LogP contribution in [0.4, 0.5) is 0 Å². The molecule has 0 fully saturated rings. The van der Waals surface area contributed by atoms with Gasteiger partial charge >= 0.3 is 0 Å². The molecule has 0 atom stereocenters. The van der Waals surface area contributed by atoms with Crippen molar-refractivity contribution in [2.75, 3.05) is 0 Å². The molecule has 0 aliphatic rings. The molecule has 0 aliphatic heterocycles. The highest BCUT2D eigenvalue weighted by molar-refractivity contribution is 5.56. The lowest BCUT2D eigenvalue weighted by molar-refractivity contribution is 0.320.